The van der Waals surface area contributed by atoms with Crippen molar-refractivity contribution in [2.45, 2.75) is 6.92 Å². The predicted octanol–water partition coefficient (Wildman–Crippen LogP) is 3.74. The number of nitrogens with zero attached hydrogens (tertiary/aromatic N) is 1. The quantitative estimate of drug-likeness (QED) is 0.383. The van der Waals surface area contributed by atoms with E-state index in [4.69, 9.17) is 32.7 Å². The van der Waals surface area contributed by atoms with Gasteiger partial charge in [-0.1, -0.05) is 29.3 Å². The molecule has 166 valence electrons. The fourth-order valence-electron chi connectivity index (χ4n) is 2.81. The molecule has 0 radical (unpaired) electrons. The topological polar surface area (TPSA) is 102 Å². The molecule has 1 saturated heterocycles. The number of halogens is 3. The van der Waals surface area contributed by atoms with E-state index in [9.17, 15) is 23.6 Å². The van der Waals surface area contributed by atoms with Crippen LogP contribution in [0.15, 0.2) is 42.0 Å². The van der Waals surface area contributed by atoms with Gasteiger partial charge in [-0.25, -0.2) is 18.9 Å². The molecule has 1 aliphatic rings. The van der Waals surface area contributed by atoms with Gasteiger partial charge in [0.25, 0.3) is 11.8 Å². The molecule has 11 heteroatoms. The Bertz CT molecular complexity index is 1130. The van der Waals surface area contributed by atoms with E-state index in [1.807, 2.05) is 5.32 Å². The number of barbiturate groups is 1. The van der Waals surface area contributed by atoms with Crippen LogP contribution in [-0.4, -0.2) is 37.0 Å². The molecule has 4 amide bonds. The van der Waals surface area contributed by atoms with Gasteiger partial charge in [-0.3, -0.25) is 14.9 Å². The summed E-state index contributed by atoms with van der Waals surface area (Å²) in [5, 5.41) is 2.05. The molecule has 1 N–H and O–H groups in total. The zero-order valence-corrected chi connectivity index (χ0v) is 18.0. The first-order valence-corrected chi connectivity index (χ1v) is 9.91. The van der Waals surface area contributed by atoms with Gasteiger partial charge in [0.1, 0.15) is 11.4 Å². The van der Waals surface area contributed by atoms with E-state index in [1.54, 1.807) is 6.92 Å². The molecule has 0 saturated carbocycles. The molecule has 8 nitrogen and oxygen atoms in total. The Morgan fingerprint density at radius 3 is 2.47 bits per heavy atom. The lowest BCUT2D eigenvalue weighted by Gasteiger charge is -2.26. The third-order valence-electron chi connectivity index (χ3n) is 4.14. The van der Waals surface area contributed by atoms with Crippen molar-refractivity contribution in [3.63, 3.8) is 0 Å². The first-order chi connectivity index (χ1) is 15.2. The van der Waals surface area contributed by atoms with Gasteiger partial charge in [-0.2, -0.15) is 0 Å². The maximum absolute atomic E-state index is 13.6. The molecule has 1 fully saturated rings. The fourth-order valence-corrected chi connectivity index (χ4v) is 3.42. The summed E-state index contributed by atoms with van der Waals surface area (Å²) < 4.78 is 23.6. The third-order valence-corrected chi connectivity index (χ3v) is 4.70. The molecule has 0 atom stereocenters. The average Bonchev–Trinajstić information content (AvgIpc) is 2.70. The number of esters is 1. The van der Waals surface area contributed by atoms with E-state index in [1.165, 1.54) is 30.3 Å². The van der Waals surface area contributed by atoms with Crippen molar-refractivity contribution in [2.24, 2.45) is 0 Å². The van der Waals surface area contributed by atoms with Crippen LogP contribution in [0.4, 0.5) is 14.9 Å². The molecule has 3 rings (SSSR count). The molecule has 0 spiro atoms. The second-order valence-corrected chi connectivity index (χ2v) is 7.16. The average molecular weight is 481 g/mol. The van der Waals surface area contributed by atoms with Gasteiger partial charge in [-0.15, -0.1) is 0 Å². The predicted molar refractivity (Wildman–Crippen MR) is 114 cm³/mol. The number of imide groups is 2. The van der Waals surface area contributed by atoms with Crippen LogP contribution >= 0.6 is 23.2 Å². The highest BCUT2D eigenvalue weighted by Gasteiger charge is 2.37. The Labute approximate surface area is 191 Å². The Morgan fingerprint density at radius 1 is 1.16 bits per heavy atom. The molecule has 2 aromatic carbocycles. The van der Waals surface area contributed by atoms with Gasteiger partial charge in [-0.05, 0) is 48.9 Å². The van der Waals surface area contributed by atoms with Crippen LogP contribution in [0.3, 0.4) is 0 Å². The van der Waals surface area contributed by atoms with Gasteiger partial charge < -0.3 is 9.47 Å². The van der Waals surface area contributed by atoms with Crippen LogP contribution in [0.1, 0.15) is 12.5 Å². The normalized spacial score (nSPS) is 15.1. The van der Waals surface area contributed by atoms with Crippen molar-refractivity contribution in [3.8, 4) is 5.75 Å². The summed E-state index contributed by atoms with van der Waals surface area (Å²) >= 11 is 12.3. The number of hydrogen-bond acceptors (Lipinski definition) is 6. The standard InChI is InChI=1S/C21H15Cl2FN2O6/c1-2-31-17(27)10-32-18-15(22)7-11(8-16(18)23)6-14-19(28)25-21(30)26(20(14)29)13-5-3-4-12(24)9-13/h3-9H,2,10H2,1H3,(H,25,28,30)/b14-6+. The summed E-state index contributed by atoms with van der Waals surface area (Å²) in [6.07, 6.45) is 1.17. The van der Waals surface area contributed by atoms with Gasteiger partial charge in [0.15, 0.2) is 12.4 Å². The first-order valence-electron chi connectivity index (χ1n) is 9.15. The number of carbonyl (C=O) groups excluding carboxylic acids is 4. The van der Waals surface area contributed by atoms with Gasteiger partial charge >= 0.3 is 12.0 Å². The largest absolute Gasteiger partial charge is 0.479 e. The molecule has 32 heavy (non-hydrogen) atoms. The number of benzene rings is 2. The smallest absolute Gasteiger partial charge is 0.344 e. The van der Waals surface area contributed by atoms with E-state index >= 15 is 0 Å². The van der Waals surface area contributed by atoms with Crippen LogP contribution in [-0.2, 0) is 19.1 Å². The SMILES string of the molecule is CCOC(=O)COc1c(Cl)cc(/C=C2\C(=O)NC(=O)N(c3cccc(F)c3)C2=O)cc1Cl. The zero-order chi connectivity index (χ0) is 23.4. The monoisotopic (exact) mass is 480 g/mol. The lowest BCUT2D eigenvalue weighted by atomic mass is 10.1. The lowest BCUT2D eigenvalue weighted by molar-refractivity contribution is -0.145. The van der Waals surface area contributed by atoms with Crippen molar-refractivity contribution in [2.75, 3.05) is 18.1 Å². The van der Waals surface area contributed by atoms with Crippen LogP contribution in [0.2, 0.25) is 10.0 Å². The van der Waals surface area contributed by atoms with E-state index in [0.29, 0.717) is 4.90 Å². The molecule has 0 bridgehead atoms. The lowest BCUT2D eigenvalue weighted by Crippen LogP contribution is -2.54. The van der Waals surface area contributed by atoms with Crippen molar-refractivity contribution in [1.29, 1.82) is 0 Å². The van der Waals surface area contributed by atoms with E-state index < -0.39 is 41.8 Å². The summed E-state index contributed by atoms with van der Waals surface area (Å²) in [6.45, 7) is 1.41. The molecule has 0 aromatic heterocycles. The zero-order valence-electron chi connectivity index (χ0n) is 16.5. The van der Waals surface area contributed by atoms with Crippen molar-refractivity contribution >= 4 is 58.8 Å². The Balaban J connectivity index is 1.90. The minimum Gasteiger partial charge on any atom is -0.479 e. The van der Waals surface area contributed by atoms with Crippen LogP contribution in [0.5, 0.6) is 5.75 Å². The molecule has 1 aliphatic heterocycles. The summed E-state index contributed by atoms with van der Waals surface area (Å²) in [7, 11) is 0. The van der Waals surface area contributed by atoms with Crippen LogP contribution in [0, 0.1) is 5.82 Å². The number of anilines is 1. The number of carbonyl (C=O) groups is 4. The maximum Gasteiger partial charge on any atom is 0.344 e. The second-order valence-electron chi connectivity index (χ2n) is 6.35. The Hall–Kier alpha value is -3.43. The summed E-state index contributed by atoms with van der Waals surface area (Å²) in [5.74, 6) is -3.17. The third kappa shape index (κ3) is 5.06. The Kier molecular flexibility index (Phi) is 7.12. The van der Waals surface area contributed by atoms with E-state index in [-0.39, 0.29) is 33.7 Å². The second kappa shape index (κ2) is 9.80. The molecular formula is C21H15Cl2FN2O6. The van der Waals surface area contributed by atoms with Crippen LogP contribution < -0.4 is 15.0 Å². The molecule has 1 heterocycles. The molecule has 0 aliphatic carbocycles. The highest BCUT2D eigenvalue weighted by Crippen LogP contribution is 2.35. The maximum atomic E-state index is 13.6. The number of rotatable bonds is 6. The summed E-state index contributed by atoms with van der Waals surface area (Å²) in [4.78, 5) is 49.4. The summed E-state index contributed by atoms with van der Waals surface area (Å²) in [5.41, 5.74) is -0.207. The van der Waals surface area contributed by atoms with Gasteiger partial charge in [0.05, 0.1) is 22.3 Å². The van der Waals surface area contributed by atoms with Gasteiger partial charge in [0.2, 0.25) is 0 Å². The van der Waals surface area contributed by atoms with E-state index in [2.05, 4.69) is 0 Å². The fraction of sp³-hybridized carbons (Fsp3) is 0.143. The number of ether oxygens (including phenoxy) is 2. The van der Waals surface area contributed by atoms with Crippen molar-refractivity contribution in [3.05, 3.63) is 63.4 Å². The van der Waals surface area contributed by atoms with Crippen molar-refractivity contribution < 1.29 is 33.0 Å². The number of nitrogens with one attached hydrogen (secondary N) is 1. The molecule has 0 unspecified atom stereocenters. The summed E-state index contributed by atoms with van der Waals surface area (Å²) in [6, 6.07) is 6.48. The minimum atomic E-state index is -1.01. The van der Waals surface area contributed by atoms with Gasteiger partial charge in [0, 0.05) is 0 Å². The van der Waals surface area contributed by atoms with Crippen molar-refractivity contribution in [1.82, 2.24) is 5.32 Å². The number of urea groups is 1. The molecular weight excluding hydrogens is 466 g/mol. The number of amides is 4. The first kappa shape index (κ1) is 23.2. The highest BCUT2D eigenvalue weighted by molar-refractivity contribution is 6.40. The van der Waals surface area contributed by atoms with E-state index in [0.717, 1.165) is 12.1 Å². The minimum absolute atomic E-state index is 0.00961. The number of hydrogen-bond donors (Lipinski definition) is 1. The highest BCUT2D eigenvalue weighted by atomic mass is 35.5. The van der Waals surface area contributed by atoms with Crippen LogP contribution in [0.25, 0.3) is 6.08 Å². The Morgan fingerprint density at radius 2 is 1.84 bits per heavy atom. The molecule has 2 aromatic rings.